The Bertz CT molecular complexity index is 775. The zero-order valence-corrected chi connectivity index (χ0v) is 14.6. The number of nitriles is 1. The third-order valence-corrected chi connectivity index (χ3v) is 5.27. The Balaban J connectivity index is 1.48. The molecule has 2 heterocycles. The van der Waals surface area contributed by atoms with Gasteiger partial charge in [-0.05, 0) is 56.0 Å². The van der Waals surface area contributed by atoms with Gasteiger partial charge in [-0.15, -0.1) is 0 Å². The van der Waals surface area contributed by atoms with E-state index < -0.39 is 0 Å². The minimum atomic E-state index is 0.436. The molecule has 1 aromatic heterocycles. The molecule has 1 aliphatic heterocycles. The number of anilines is 2. The Kier molecular flexibility index (Phi) is 4.27. The third kappa shape index (κ3) is 3.43. The summed E-state index contributed by atoms with van der Waals surface area (Å²) in [6.07, 6.45) is 6.68. The van der Waals surface area contributed by atoms with Crippen LogP contribution in [0.2, 0.25) is 0 Å². The summed E-state index contributed by atoms with van der Waals surface area (Å²) >= 11 is 0. The fraction of sp³-hybridized carbons (Fsp3) is 0.450. The normalized spacial score (nSPS) is 20.2. The first-order chi connectivity index (χ1) is 12.2. The topological polar surface area (TPSA) is 56.1 Å². The lowest BCUT2D eigenvalue weighted by Gasteiger charge is -2.39. The van der Waals surface area contributed by atoms with Crippen molar-refractivity contribution < 1.29 is 0 Å². The Hall–Kier alpha value is -2.61. The molecule has 5 heteroatoms. The van der Waals surface area contributed by atoms with E-state index >= 15 is 0 Å². The molecule has 1 saturated heterocycles. The fourth-order valence-electron chi connectivity index (χ4n) is 3.54. The van der Waals surface area contributed by atoms with Crippen LogP contribution < -0.4 is 9.80 Å². The van der Waals surface area contributed by atoms with Gasteiger partial charge in [-0.3, -0.25) is 0 Å². The first-order valence-corrected chi connectivity index (χ1v) is 9.05. The minimum absolute atomic E-state index is 0.436. The number of hydrogen-bond donors (Lipinski definition) is 0. The van der Waals surface area contributed by atoms with E-state index in [0.717, 1.165) is 31.2 Å². The molecule has 0 bridgehead atoms. The molecule has 2 aliphatic rings. The zero-order valence-electron chi connectivity index (χ0n) is 14.6. The Morgan fingerprint density at radius 2 is 1.96 bits per heavy atom. The van der Waals surface area contributed by atoms with Gasteiger partial charge in [-0.25, -0.2) is 9.97 Å². The van der Waals surface area contributed by atoms with Crippen LogP contribution in [0.5, 0.6) is 0 Å². The van der Waals surface area contributed by atoms with Crippen molar-refractivity contribution >= 4 is 11.5 Å². The maximum absolute atomic E-state index is 8.96. The molecule has 0 spiro atoms. The molecule has 0 amide bonds. The number of hydrogen-bond acceptors (Lipinski definition) is 5. The van der Waals surface area contributed by atoms with E-state index in [1.165, 1.54) is 24.9 Å². The van der Waals surface area contributed by atoms with Crippen LogP contribution in [-0.2, 0) is 0 Å². The van der Waals surface area contributed by atoms with Crippen molar-refractivity contribution in [3.05, 3.63) is 47.9 Å². The van der Waals surface area contributed by atoms with E-state index in [1.807, 2.05) is 24.4 Å². The van der Waals surface area contributed by atoms with Crippen LogP contribution in [-0.4, -0.2) is 36.1 Å². The molecule has 1 aromatic carbocycles. The second-order valence-electron chi connectivity index (χ2n) is 7.06. The van der Waals surface area contributed by atoms with Crippen LogP contribution in [0.4, 0.5) is 11.5 Å². The molecule has 2 aromatic rings. The van der Waals surface area contributed by atoms with E-state index in [-0.39, 0.29) is 0 Å². The van der Waals surface area contributed by atoms with Crippen molar-refractivity contribution in [3.63, 3.8) is 0 Å². The van der Waals surface area contributed by atoms with Gasteiger partial charge in [-0.2, -0.15) is 5.26 Å². The van der Waals surface area contributed by atoms with Crippen LogP contribution >= 0.6 is 0 Å². The van der Waals surface area contributed by atoms with Gasteiger partial charge < -0.3 is 9.80 Å². The van der Waals surface area contributed by atoms with E-state index in [9.17, 15) is 0 Å². The highest BCUT2D eigenvalue weighted by atomic mass is 15.3. The van der Waals surface area contributed by atoms with E-state index in [0.29, 0.717) is 17.5 Å². The quantitative estimate of drug-likeness (QED) is 0.859. The predicted octanol–water partition coefficient (Wildman–Crippen LogP) is 3.33. The monoisotopic (exact) mass is 333 g/mol. The zero-order chi connectivity index (χ0) is 17.2. The molecule has 0 N–H and O–H groups in total. The van der Waals surface area contributed by atoms with Crippen molar-refractivity contribution in [2.75, 3.05) is 29.9 Å². The van der Waals surface area contributed by atoms with Gasteiger partial charge in [0.2, 0.25) is 0 Å². The number of likely N-dealkylation sites (N-methyl/N-ethyl adjacent to an activating group) is 1. The third-order valence-electron chi connectivity index (χ3n) is 5.27. The molecule has 2 fully saturated rings. The minimum Gasteiger partial charge on any atom is -0.369 e. The van der Waals surface area contributed by atoms with Gasteiger partial charge in [0.25, 0.3) is 0 Å². The lowest BCUT2D eigenvalue weighted by Crippen LogP contribution is -2.47. The number of nitrogens with zero attached hydrogens (tertiary/aromatic N) is 5. The van der Waals surface area contributed by atoms with Gasteiger partial charge in [0.1, 0.15) is 11.6 Å². The lowest BCUT2D eigenvalue weighted by molar-refractivity contribution is 0.485. The van der Waals surface area contributed by atoms with Gasteiger partial charge in [0.15, 0.2) is 0 Å². The molecule has 0 radical (unpaired) electrons. The highest BCUT2D eigenvalue weighted by Gasteiger charge is 2.28. The lowest BCUT2D eigenvalue weighted by atomic mass is 10.0. The van der Waals surface area contributed by atoms with Crippen molar-refractivity contribution in [3.8, 4) is 6.07 Å². The summed E-state index contributed by atoms with van der Waals surface area (Å²) in [6.45, 7) is 2.04. The van der Waals surface area contributed by atoms with Gasteiger partial charge >= 0.3 is 0 Å². The summed E-state index contributed by atoms with van der Waals surface area (Å²) < 4.78 is 0. The van der Waals surface area contributed by atoms with E-state index in [2.05, 4.69) is 40.0 Å². The largest absolute Gasteiger partial charge is 0.369 e. The van der Waals surface area contributed by atoms with Crippen molar-refractivity contribution in [1.82, 2.24) is 9.97 Å². The highest BCUT2D eigenvalue weighted by molar-refractivity contribution is 5.51. The second-order valence-corrected chi connectivity index (χ2v) is 7.06. The van der Waals surface area contributed by atoms with Crippen molar-refractivity contribution in [2.45, 2.75) is 37.6 Å². The van der Waals surface area contributed by atoms with Crippen molar-refractivity contribution in [2.24, 2.45) is 0 Å². The smallest absolute Gasteiger partial charge is 0.133 e. The van der Waals surface area contributed by atoms with E-state index in [4.69, 9.17) is 10.2 Å². The molecule has 1 aliphatic carbocycles. The molecule has 1 saturated carbocycles. The molecule has 4 rings (SSSR count). The Morgan fingerprint density at radius 3 is 2.68 bits per heavy atom. The Morgan fingerprint density at radius 1 is 1.16 bits per heavy atom. The number of rotatable bonds is 4. The standard InChI is InChI=1S/C20H23N5/c1-24(19-10-11-22-20(23-19)16-6-7-16)18-3-2-12-25(14-18)17-8-4-15(13-21)5-9-17/h4-5,8-11,16,18H,2-3,6-7,12,14H2,1H3. The summed E-state index contributed by atoms with van der Waals surface area (Å²) in [5, 5.41) is 8.96. The number of piperidine rings is 1. The molecule has 25 heavy (non-hydrogen) atoms. The fourth-order valence-corrected chi connectivity index (χ4v) is 3.54. The molecule has 128 valence electrons. The predicted molar refractivity (Wildman–Crippen MR) is 98.8 cm³/mol. The van der Waals surface area contributed by atoms with Crippen LogP contribution in [0.3, 0.4) is 0 Å². The molecule has 1 unspecified atom stereocenters. The maximum Gasteiger partial charge on any atom is 0.133 e. The molecule has 5 nitrogen and oxygen atoms in total. The average molecular weight is 333 g/mol. The van der Waals surface area contributed by atoms with Crippen LogP contribution in [0.15, 0.2) is 36.5 Å². The summed E-state index contributed by atoms with van der Waals surface area (Å²) in [4.78, 5) is 13.9. The van der Waals surface area contributed by atoms with Gasteiger partial charge in [0.05, 0.1) is 11.6 Å². The maximum atomic E-state index is 8.96. The van der Waals surface area contributed by atoms with E-state index in [1.54, 1.807) is 0 Å². The van der Waals surface area contributed by atoms with Crippen LogP contribution in [0, 0.1) is 11.3 Å². The van der Waals surface area contributed by atoms with Gasteiger partial charge in [-0.1, -0.05) is 0 Å². The number of benzene rings is 1. The summed E-state index contributed by atoms with van der Waals surface area (Å²) in [6, 6.07) is 12.5. The molecule has 1 atom stereocenters. The first kappa shape index (κ1) is 15.9. The number of aromatic nitrogens is 2. The van der Waals surface area contributed by atoms with Crippen LogP contribution in [0.25, 0.3) is 0 Å². The highest BCUT2D eigenvalue weighted by Crippen LogP contribution is 2.38. The first-order valence-electron chi connectivity index (χ1n) is 9.05. The van der Waals surface area contributed by atoms with Gasteiger partial charge in [0, 0.05) is 44.0 Å². The molecular weight excluding hydrogens is 310 g/mol. The Labute approximate surface area is 148 Å². The summed E-state index contributed by atoms with van der Waals surface area (Å²) in [7, 11) is 2.14. The van der Waals surface area contributed by atoms with Crippen molar-refractivity contribution in [1.29, 1.82) is 5.26 Å². The summed E-state index contributed by atoms with van der Waals surface area (Å²) in [5.41, 5.74) is 1.90. The summed E-state index contributed by atoms with van der Waals surface area (Å²) in [5.74, 6) is 2.61. The van der Waals surface area contributed by atoms with Crippen LogP contribution in [0.1, 0.15) is 43.0 Å². The SMILES string of the molecule is CN(c1ccnc(C2CC2)n1)C1CCCN(c2ccc(C#N)cc2)C1. The second kappa shape index (κ2) is 6.72. The average Bonchev–Trinajstić information content (AvgIpc) is 3.53. The molecular formula is C20H23N5.